The number of hydrogen-bond acceptors (Lipinski definition) is 3. The van der Waals surface area contributed by atoms with Crippen LogP contribution in [0.4, 0.5) is 0 Å². The third kappa shape index (κ3) is 3.82. The second-order valence-corrected chi connectivity index (χ2v) is 5.99. The number of carbonyl (C=O) groups is 1. The van der Waals surface area contributed by atoms with Crippen LogP contribution in [0, 0.1) is 0 Å². The van der Waals surface area contributed by atoms with Gasteiger partial charge in [-0.2, -0.15) is 0 Å². The Bertz CT molecular complexity index is 383. The van der Waals surface area contributed by atoms with Gasteiger partial charge >= 0.3 is 0 Å². The summed E-state index contributed by atoms with van der Waals surface area (Å²) < 4.78 is 0. The SMILES string of the molecule is CCc1ccc(CNCCC(=O)N2CCCC2)s1. The van der Waals surface area contributed by atoms with Crippen molar-refractivity contribution >= 4 is 17.2 Å². The van der Waals surface area contributed by atoms with Gasteiger partial charge in [0.1, 0.15) is 0 Å². The molecule has 0 bridgehead atoms. The predicted molar refractivity (Wildman–Crippen MR) is 75.8 cm³/mol. The fourth-order valence-electron chi connectivity index (χ4n) is 2.24. The van der Waals surface area contributed by atoms with Gasteiger partial charge in [-0.25, -0.2) is 0 Å². The van der Waals surface area contributed by atoms with E-state index >= 15 is 0 Å². The Morgan fingerprint density at radius 2 is 2.06 bits per heavy atom. The molecule has 2 rings (SSSR count). The molecule has 1 saturated heterocycles. The molecule has 1 fully saturated rings. The molecule has 0 saturated carbocycles. The zero-order valence-corrected chi connectivity index (χ0v) is 11.9. The molecule has 1 aromatic heterocycles. The van der Waals surface area contributed by atoms with E-state index in [9.17, 15) is 4.79 Å². The number of nitrogens with zero attached hydrogens (tertiary/aromatic N) is 1. The van der Waals surface area contributed by atoms with E-state index in [1.54, 1.807) is 0 Å². The summed E-state index contributed by atoms with van der Waals surface area (Å²) in [7, 11) is 0. The van der Waals surface area contributed by atoms with Crippen molar-refractivity contribution in [1.29, 1.82) is 0 Å². The number of amides is 1. The monoisotopic (exact) mass is 266 g/mol. The first-order valence-electron chi connectivity index (χ1n) is 6.85. The van der Waals surface area contributed by atoms with Gasteiger partial charge in [-0.05, 0) is 31.4 Å². The molecule has 4 heteroatoms. The van der Waals surface area contributed by atoms with Gasteiger partial charge in [0.25, 0.3) is 0 Å². The van der Waals surface area contributed by atoms with Crippen LogP contribution in [0.3, 0.4) is 0 Å². The Labute approximate surface area is 113 Å². The second-order valence-electron chi connectivity index (χ2n) is 4.74. The fourth-order valence-corrected chi connectivity index (χ4v) is 3.17. The second kappa shape index (κ2) is 6.90. The van der Waals surface area contributed by atoms with Gasteiger partial charge in [-0.1, -0.05) is 6.92 Å². The number of likely N-dealkylation sites (tertiary alicyclic amines) is 1. The minimum absolute atomic E-state index is 0.306. The van der Waals surface area contributed by atoms with Crippen LogP contribution in [0.2, 0.25) is 0 Å². The molecule has 0 aromatic carbocycles. The standard InChI is InChI=1S/C14H22N2OS/c1-2-12-5-6-13(18-12)11-15-8-7-14(17)16-9-3-4-10-16/h5-6,15H,2-4,7-11H2,1H3. The topological polar surface area (TPSA) is 32.3 Å². The number of thiophene rings is 1. The average molecular weight is 266 g/mol. The molecule has 3 nitrogen and oxygen atoms in total. The highest BCUT2D eigenvalue weighted by atomic mass is 32.1. The molecular formula is C14H22N2OS. The van der Waals surface area contributed by atoms with Crippen LogP contribution in [0.1, 0.15) is 35.9 Å². The summed E-state index contributed by atoms with van der Waals surface area (Å²) in [6.45, 7) is 5.78. The number of hydrogen-bond donors (Lipinski definition) is 1. The van der Waals surface area contributed by atoms with Crippen molar-refractivity contribution in [3.63, 3.8) is 0 Å². The normalized spacial score (nSPS) is 15.3. The van der Waals surface area contributed by atoms with E-state index in [0.29, 0.717) is 12.3 Å². The lowest BCUT2D eigenvalue weighted by Crippen LogP contribution is -2.30. The first-order chi connectivity index (χ1) is 8.79. The lowest BCUT2D eigenvalue weighted by molar-refractivity contribution is -0.130. The summed E-state index contributed by atoms with van der Waals surface area (Å²) in [6, 6.07) is 4.37. The molecule has 0 atom stereocenters. The van der Waals surface area contributed by atoms with Crippen LogP contribution in [-0.2, 0) is 17.8 Å². The molecule has 1 aliphatic heterocycles. The Morgan fingerprint density at radius 1 is 1.33 bits per heavy atom. The van der Waals surface area contributed by atoms with E-state index in [1.165, 1.54) is 22.6 Å². The van der Waals surface area contributed by atoms with E-state index in [0.717, 1.165) is 32.6 Å². The maximum atomic E-state index is 11.8. The van der Waals surface area contributed by atoms with Crippen molar-refractivity contribution in [2.24, 2.45) is 0 Å². The average Bonchev–Trinajstić information content (AvgIpc) is 3.05. The predicted octanol–water partition coefficient (Wildman–Crippen LogP) is 2.41. The molecule has 100 valence electrons. The van der Waals surface area contributed by atoms with Crippen molar-refractivity contribution in [3.8, 4) is 0 Å². The van der Waals surface area contributed by atoms with Crippen LogP contribution in [-0.4, -0.2) is 30.4 Å². The zero-order valence-electron chi connectivity index (χ0n) is 11.1. The van der Waals surface area contributed by atoms with E-state index in [-0.39, 0.29) is 0 Å². The molecule has 18 heavy (non-hydrogen) atoms. The van der Waals surface area contributed by atoms with Crippen LogP contribution < -0.4 is 5.32 Å². The Morgan fingerprint density at radius 3 is 2.72 bits per heavy atom. The highest BCUT2D eigenvalue weighted by molar-refractivity contribution is 7.11. The summed E-state index contributed by atoms with van der Waals surface area (Å²) in [4.78, 5) is 16.6. The molecule has 2 heterocycles. The van der Waals surface area contributed by atoms with E-state index < -0.39 is 0 Å². The number of rotatable bonds is 6. The molecule has 0 radical (unpaired) electrons. The van der Waals surface area contributed by atoms with Gasteiger partial charge < -0.3 is 10.2 Å². The highest BCUT2D eigenvalue weighted by Crippen LogP contribution is 2.16. The lowest BCUT2D eigenvalue weighted by atomic mass is 10.3. The quantitative estimate of drug-likeness (QED) is 0.802. The maximum absolute atomic E-state index is 11.8. The highest BCUT2D eigenvalue weighted by Gasteiger charge is 2.16. The van der Waals surface area contributed by atoms with Crippen molar-refractivity contribution in [3.05, 3.63) is 21.9 Å². The fraction of sp³-hybridized carbons (Fsp3) is 0.643. The Kier molecular flexibility index (Phi) is 5.20. The van der Waals surface area contributed by atoms with Crippen molar-refractivity contribution in [2.45, 2.75) is 39.2 Å². The molecule has 0 spiro atoms. The van der Waals surface area contributed by atoms with Crippen LogP contribution in [0.25, 0.3) is 0 Å². The van der Waals surface area contributed by atoms with Crippen LogP contribution in [0.15, 0.2) is 12.1 Å². The van der Waals surface area contributed by atoms with Crippen molar-refractivity contribution in [2.75, 3.05) is 19.6 Å². The first-order valence-corrected chi connectivity index (χ1v) is 7.67. The summed E-state index contributed by atoms with van der Waals surface area (Å²) in [5.41, 5.74) is 0. The van der Waals surface area contributed by atoms with Crippen molar-refractivity contribution < 1.29 is 4.79 Å². The van der Waals surface area contributed by atoms with Gasteiger partial charge in [-0.3, -0.25) is 4.79 Å². The summed E-state index contributed by atoms with van der Waals surface area (Å²) in [5, 5.41) is 3.36. The largest absolute Gasteiger partial charge is 0.343 e. The number of aryl methyl sites for hydroxylation is 1. The molecular weight excluding hydrogens is 244 g/mol. The maximum Gasteiger partial charge on any atom is 0.223 e. The molecule has 0 aliphatic carbocycles. The Hall–Kier alpha value is -0.870. The summed E-state index contributed by atoms with van der Waals surface area (Å²) in [5.74, 6) is 0.306. The minimum atomic E-state index is 0.306. The lowest BCUT2D eigenvalue weighted by Gasteiger charge is -2.14. The van der Waals surface area contributed by atoms with Crippen molar-refractivity contribution in [1.82, 2.24) is 10.2 Å². The number of nitrogens with one attached hydrogen (secondary N) is 1. The third-order valence-corrected chi connectivity index (χ3v) is 4.57. The molecule has 1 N–H and O–H groups in total. The van der Waals surface area contributed by atoms with E-state index in [2.05, 4.69) is 24.4 Å². The van der Waals surface area contributed by atoms with Crippen LogP contribution in [0.5, 0.6) is 0 Å². The third-order valence-electron chi connectivity index (χ3n) is 3.34. The van der Waals surface area contributed by atoms with E-state index in [4.69, 9.17) is 0 Å². The Balaban J connectivity index is 1.62. The van der Waals surface area contributed by atoms with Gasteiger partial charge in [0.15, 0.2) is 0 Å². The van der Waals surface area contributed by atoms with Crippen LogP contribution >= 0.6 is 11.3 Å². The smallest absolute Gasteiger partial charge is 0.223 e. The summed E-state index contributed by atoms with van der Waals surface area (Å²) in [6.07, 6.45) is 4.09. The van der Waals surface area contributed by atoms with Gasteiger partial charge in [0.2, 0.25) is 5.91 Å². The first kappa shape index (κ1) is 13.6. The zero-order chi connectivity index (χ0) is 12.8. The summed E-state index contributed by atoms with van der Waals surface area (Å²) >= 11 is 1.86. The molecule has 1 amide bonds. The molecule has 1 aliphatic rings. The van der Waals surface area contributed by atoms with Gasteiger partial charge in [0.05, 0.1) is 0 Å². The van der Waals surface area contributed by atoms with Gasteiger partial charge in [-0.15, -0.1) is 11.3 Å². The minimum Gasteiger partial charge on any atom is -0.343 e. The molecule has 1 aromatic rings. The number of carbonyl (C=O) groups excluding carboxylic acids is 1. The van der Waals surface area contributed by atoms with E-state index in [1.807, 2.05) is 16.2 Å². The molecule has 0 unspecified atom stereocenters. The van der Waals surface area contributed by atoms with Gasteiger partial charge in [0, 0.05) is 42.4 Å².